The van der Waals surface area contributed by atoms with E-state index in [-0.39, 0.29) is 6.54 Å². The highest BCUT2D eigenvalue weighted by Crippen LogP contribution is 2.30. The molecule has 6 nitrogen and oxygen atoms in total. The number of ketones is 1. The number of carbonyl (C=O) groups is 2. The van der Waals surface area contributed by atoms with Crippen LogP contribution in [0.1, 0.15) is 28.4 Å². The predicted octanol–water partition coefficient (Wildman–Crippen LogP) is 2.06. The number of benzene rings is 2. The Labute approximate surface area is 165 Å². The highest BCUT2D eigenvalue weighted by molar-refractivity contribution is 6.42. The zero-order valence-electron chi connectivity index (χ0n) is 16.5. The van der Waals surface area contributed by atoms with Crippen LogP contribution >= 0.6 is 0 Å². The number of likely N-dealkylation sites (N-methyl/N-ethyl adjacent to an activating group) is 1. The average molecular weight is 382 g/mol. The number of hydrogen-bond donors (Lipinski definition) is 1. The molecule has 0 bridgehead atoms. The highest BCUT2D eigenvalue weighted by atomic mass is 16.5. The first-order chi connectivity index (χ1) is 13.3. The van der Waals surface area contributed by atoms with E-state index in [1.54, 1.807) is 37.3 Å². The van der Waals surface area contributed by atoms with Crippen molar-refractivity contribution in [3.8, 4) is 5.75 Å². The van der Waals surface area contributed by atoms with Gasteiger partial charge in [-0.2, -0.15) is 0 Å². The summed E-state index contributed by atoms with van der Waals surface area (Å²) in [7, 11) is 3.80. The second kappa shape index (κ2) is 8.12. The fourth-order valence-corrected chi connectivity index (χ4v) is 3.47. The first-order valence-corrected chi connectivity index (χ1v) is 9.30. The van der Waals surface area contributed by atoms with E-state index >= 15 is 0 Å². The number of Topliss-reactive ketones (excluding diaryl/α,β-unsaturated/α-hetero) is 1. The molecule has 3 rings (SSSR count). The Morgan fingerprint density at radius 1 is 1.18 bits per heavy atom. The zero-order valence-corrected chi connectivity index (χ0v) is 16.5. The van der Waals surface area contributed by atoms with Gasteiger partial charge in [0.1, 0.15) is 12.4 Å². The van der Waals surface area contributed by atoms with E-state index in [9.17, 15) is 14.7 Å². The SMILES string of the molecule is CN(C)CC(C)(O)c1ccc2c(c1)CN(C(=O)C(=O)c1ccccc1)CCO2. The van der Waals surface area contributed by atoms with Crippen LogP contribution in [0.2, 0.25) is 0 Å². The average Bonchev–Trinajstić information content (AvgIpc) is 2.88. The van der Waals surface area contributed by atoms with E-state index in [1.165, 1.54) is 4.90 Å². The standard InChI is InChI=1S/C22H26N2O4/c1-22(27,15-23(2)3)18-9-10-19-17(13-18)14-24(11-12-28-19)21(26)20(25)16-7-5-4-6-8-16/h4-10,13,27H,11-12,14-15H2,1-3H3. The van der Waals surface area contributed by atoms with Gasteiger partial charge >= 0.3 is 0 Å². The van der Waals surface area contributed by atoms with Crippen molar-refractivity contribution >= 4 is 11.7 Å². The van der Waals surface area contributed by atoms with Crippen LogP contribution in [-0.4, -0.2) is 60.4 Å². The Kier molecular flexibility index (Phi) is 5.82. The Hall–Kier alpha value is -2.70. The number of fused-ring (bicyclic) bond motifs is 1. The number of carbonyl (C=O) groups excluding carboxylic acids is 2. The fourth-order valence-electron chi connectivity index (χ4n) is 3.47. The summed E-state index contributed by atoms with van der Waals surface area (Å²) in [5.41, 5.74) is 0.857. The van der Waals surface area contributed by atoms with Crippen LogP contribution in [0, 0.1) is 0 Å². The summed E-state index contributed by atoms with van der Waals surface area (Å²) in [6.45, 7) is 3.12. The summed E-state index contributed by atoms with van der Waals surface area (Å²) in [5, 5.41) is 10.8. The summed E-state index contributed by atoms with van der Waals surface area (Å²) < 4.78 is 5.77. The summed E-state index contributed by atoms with van der Waals surface area (Å²) >= 11 is 0. The van der Waals surface area contributed by atoms with Gasteiger partial charge in [0.25, 0.3) is 5.91 Å². The quantitative estimate of drug-likeness (QED) is 0.633. The molecule has 0 spiro atoms. The number of amides is 1. The maximum Gasteiger partial charge on any atom is 0.295 e. The van der Waals surface area contributed by atoms with Crippen molar-refractivity contribution < 1.29 is 19.4 Å². The first-order valence-electron chi connectivity index (χ1n) is 9.30. The monoisotopic (exact) mass is 382 g/mol. The number of rotatable bonds is 5. The van der Waals surface area contributed by atoms with Gasteiger partial charge in [0.15, 0.2) is 0 Å². The van der Waals surface area contributed by atoms with Gasteiger partial charge in [-0.3, -0.25) is 9.59 Å². The number of nitrogens with zero attached hydrogens (tertiary/aromatic N) is 2. The van der Waals surface area contributed by atoms with Crippen molar-refractivity contribution in [3.63, 3.8) is 0 Å². The first kappa shape index (κ1) is 20.0. The van der Waals surface area contributed by atoms with Gasteiger partial charge in [0, 0.05) is 24.2 Å². The summed E-state index contributed by atoms with van der Waals surface area (Å²) in [6.07, 6.45) is 0. The van der Waals surface area contributed by atoms with Gasteiger partial charge in [-0.05, 0) is 38.7 Å². The normalized spacial score (nSPS) is 16.0. The maximum atomic E-state index is 12.8. The second-order valence-electron chi connectivity index (χ2n) is 7.60. The zero-order chi connectivity index (χ0) is 20.3. The largest absolute Gasteiger partial charge is 0.491 e. The van der Waals surface area contributed by atoms with Gasteiger partial charge in [-0.25, -0.2) is 0 Å². The van der Waals surface area contributed by atoms with Crippen molar-refractivity contribution in [2.75, 3.05) is 33.8 Å². The lowest BCUT2D eigenvalue weighted by Crippen LogP contribution is -2.37. The highest BCUT2D eigenvalue weighted by Gasteiger charge is 2.29. The van der Waals surface area contributed by atoms with E-state index in [1.807, 2.05) is 37.2 Å². The number of aliphatic hydroxyl groups is 1. The third-order valence-electron chi connectivity index (χ3n) is 4.80. The van der Waals surface area contributed by atoms with E-state index in [4.69, 9.17) is 4.74 Å². The molecule has 0 fully saturated rings. The van der Waals surface area contributed by atoms with Crippen LogP contribution in [0.15, 0.2) is 48.5 Å². The smallest absolute Gasteiger partial charge is 0.295 e. The van der Waals surface area contributed by atoms with Crippen molar-refractivity contribution in [1.82, 2.24) is 9.80 Å². The van der Waals surface area contributed by atoms with Gasteiger partial charge in [-0.1, -0.05) is 36.4 Å². The molecular weight excluding hydrogens is 356 g/mol. The lowest BCUT2D eigenvalue weighted by molar-refractivity contribution is -0.127. The molecule has 1 aliphatic rings. The molecular formula is C22H26N2O4. The maximum absolute atomic E-state index is 12.8. The molecule has 1 aliphatic heterocycles. The van der Waals surface area contributed by atoms with Crippen LogP contribution in [-0.2, 0) is 16.9 Å². The molecule has 0 aromatic heterocycles. The molecule has 148 valence electrons. The molecule has 1 amide bonds. The molecule has 1 heterocycles. The van der Waals surface area contributed by atoms with E-state index in [2.05, 4.69) is 0 Å². The number of hydrogen-bond acceptors (Lipinski definition) is 5. The van der Waals surface area contributed by atoms with Crippen LogP contribution in [0.25, 0.3) is 0 Å². The molecule has 0 saturated heterocycles. The Bertz CT molecular complexity index is 862. The lowest BCUT2D eigenvalue weighted by Gasteiger charge is -2.28. The van der Waals surface area contributed by atoms with Crippen LogP contribution in [0.5, 0.6) is 5.75 Å². The topological polar surface area (TPSA) is 70.1 Å². The predicted molar refractivity (Wildman–Crippen MR) is 106 cm³/mol. The molecule has 2 aromatic carbocycles. The minimum absolute atomic E-state index is 0.263. The molecule has 28 heavy (non-hydrogen) atoms. The molecule has 6 heteroatoms. The van der Waals surface area contributed by atoms with Crippen LogP contribution < -0.4 is 4.74 Å². The van der Waals surface area contributed by atoms with E-state index in [0.717, 1.165) is 11.1 Å². The Morgan fingerprint density at radius 2 is 1.89 bits per heavy atom. The summed E-state index contributed by atoms with van der Waals surface area (Å²) in [6, 6.07) is 14.1. The van der Waals surface area contributed by atoms with Crippen molar-refractivity contribution in [2.24, 2.45) is 0 Å². The molecule has 0 radical (unpaired) electrons. The second-order valence-corrected chi connectivity index (χ2v) is 7.60. The minimum atomic E-state index is -1.04. The van der Waals surface area contributed by atoms with Gasteiger partial charge in [0.2, 0.25) is 5.78 Å². The van der Waals surface area contributed by atoms with Gasteiger partial charge in [0.05, 0.1) is 12.1 Å². The van der Waals surface area contributed by atoms with Crippen molar-refractivity contribution in [1.29, 1.82) is 0 Å². The molecule has 0 aliphatic carbocycles. The minimum Gasteiger partial charge on any atom is -0.491 e. The third-order valence-corrected chi connectivity index (χ3v) is 4.80. The number of ether oxygens (including phenoxy) is 1. The van der Waals surface area contributed by atoms with E-state index in [0.29, 0.717) is 31.0 Å². The van der Waals surface area contributed by atoms with Gasteiger partial charge in [-0.15, -0.1) is 0 Å². The molecule has 1 unspecified atom stereocenters. The van der Waals surface area contributed by atoms with Crippen LogP contribution in [0.4, 0.5) is 0 Å². The molecule has 0 saturated carbocycles. The Morgan fingerprint density at radius 3 is 2.57 bits per heavy atom. The molecule has 1 atom stereocenters. The summed E-state index contributed by atoms with van der Waals surface area (Å²) in [4.78, 5) is 28.7. The van der Waals surface area contributed by atoms with Crippen molar-refractivity contribution in [2.45, 2.75) is 19.1 Å². The molecule has 2 aromatic rings. The van der Waals surface area contributed by atoms with Crippen molar-refractivity contribution in [3.05, 3.63) is 65.2 Å². The van der Waals surface area contributed by atoms with Crippen LogP contribution in [0.3, 0.4) is 0 Å². The third kappa shape index (κ3) is 4.40. The van der Waals surface area contributed by atoms with Gasteiger partial charge < -0.3 is 19.6 Å². The molecule has 1 N–H and O–H groups in total. The fraction of sp³-hybridized carbons (Fsp3) is 0.364. The summed E-state index contributed by atoms with van der Waals surface area (Å²) in [5.74, 6) is -0.403. The lowest BCUT2D eigenvalue weighted by atomic mass is 9.93. The van der Waals surface area contributed by atoms with E-state index < -0.39 is 17.3 Å². The Balaban J connectivity index is 1.84.